The third kappa shape index (κ3) is 6.66. The number of amides is 2. The van der Waals surface area contributed by atoms with Crippen molar-refractivity contribution in [3.8, 4) is 11.5 Å². The zero-order chi connectivity index (χ0) is 19.6. The molecule has 0 bridgehead atoms. The highest BCUT2D eigenvalue weighted by Crippen LogP contribution is 2.16. The Labute approximate surface area is 160 Å². The largest absolute Gasteiger partial charge is 0.497 e. The number of hydrogen-bond acceptors (Lipinski definition) is 4. The minimum absolute atomic E-state index is 0.00646. The lowest BCUT2D eigenvalue weighted by atomic mass is 10.1. The fraction of sp³-hybridized carbons (Fsp3) is 0.333. The molecule has 27 heavy (non-hydrogen) atoms. The van der Waals surface area contributed by atoms with E-state index in [1.165, 1.54) is 11.8 Å². The monoisotopic (exact) mass is 370 g/mol. The summed E-state index contributed by atoms with van der Waals surface area (Å²) >= 11 is 0. The van der Waals surface area contributed by atoms with Crippen LogP contribution in [0.15, 0.2) is 48.5 Å². The Hall–Kier alpha value is -3.02. The van der Waals surface area contributed by atoms with Gasteiger partial charge in [-0.2, -0.15) is 0 Å². The highest BCUT2D eigenvalue weighted by Gasteiger charge is 2.14. The van der Waals surface area contributed by atoms with Crippen LogP contribution >= 0.6 is 0 Å². The summed E-state index contributed by atoms with van der Waals surface area (Å²) in [5.41, 5.74) is 1.72. The van der Waals surface area contributed by atoms with E-state index in [0.29, 0.717) is 25.3 Å². The first-order valence-electron chi connectivity index (χ1n) is 8.93. The second-order valence-electron chi connectivity index (χ2n) is 6.05. The van der Waals surface area contributed by atoms with Gasteiger partial charge in [0.25, 0.3) is 0 Å². The lowest BCUT2D eigenvalue weighted by Gasteiger charge is -2.20. The predicted molar refractivity (Wildman–Crippen MR) is 105 cm³/mol. The van der Waals surface area contributed by atoms with Gasteiger partial charge in [-0.25, -0.2) is 0 Å². The molecule has 0 aliphatic rings. The summed E-state index contributed by atoms with van der Waals surface area (Å²) < 4.78 is 10.6. The van der Waals surface area contributed by atoms with Gasteiger partial charge in [-0.1, -0.05) is 12.1 Å². The molecule has 2 aromatic carbocycles. The second kappa shape index (κ2) is 10.2. The minimum atomic E-state index is -0.236. The van der Waals surface area contributed by atoms with E-state index in [1.807, 2.05) is 31.2 Å². The van der Waals surface area contributed by atoms with Gasteiger partial charge < -0.3 is 19.7 Å². The number of nitrogens with one attached hydrogen (secondary N) is 1. The Kier molecular flexibility index (Phi) is 7.67. The zero-order valence-electron chi connectivity index (χ0n) is 16.0. The van der Waals surface area contributed by atoms with Crippen molar-refractivity contribution in [1.29, 1.82) is 0 Å². The average molecular weight is 370 g/mol. The lowest BCUT2D eigenvalue weighted by molar-refractivity contribution is -0.132. The molecule has 0 aromatic heterocycles. The van der Waals surface area contributed by atoms with Crippen LogP contribution in [0.25, 0.3) is 0 Å². The van der Waals surface area contributed by atoms with Crippen LogP contribution in [0.3, 0.4) is 0 Å². The summed E-state index contributed by atoms with van der Waals surface area (Å²) in [5.74, 6) is 1.15. The Morgan fingerprint density at radius 1 is 1.07 bits per heavy atom. The van der Waals surface area contributed by atoms with Crippen LogP contribution in [-0.4, -0.2) is 43.5 Å². The summed E-state index contributed by atoms with van der Waals surface area (Å²) in [6.07, 6.45) is 0.646. The lowest BCUT2D eigenvalue weighted by Crippen LogP contribution is -2.38. The van der Waals surface area contributed by atoms with E-state index in [1.54, 1.807) is 31.4 Å². The van der Waals surface area contributed by atoms with Gasteiger partial charge in [0.05, 0.1) is 20.3 Å². The Morgan fingerprint density at radius 2 is 1.81 bits per heavy atom. The van der Waals surface area contributed by atoms with Gasteiger partial charge in [0, 0.05) is 19.2 Å². The number of carbonyl (C=O) groups is 2. The number of nitrogens with zero attached hydrogens (tertiary/aromatic N) is 1. The minimum Gasteiger partial charge on any atom is -0.497 e. The molecular weight excluding hydrogens is 344 g/mol. The topological polar surface area (TPSA) is 67.9 Å². The maximum absolute atomic E-state index is 12.3. The van der Waals surface area contributed by atoms with E-state index in [2.05, 4.69) is 5.32 Å². The fourth-order valence-electron chi connectivity index (χ4n) is 2.61. The molecule has 2 rings (SSSR count). The van der Waals surface area contributed by atoms with Gasteiger partial charge in [0.2, 0.25) is 11.8 Å². The van der Waals surface area contributed by atoms with Crippen molar-refractivity contribution in [2.24, 2.45) is 0 Å². The molecule has 2 aromatic rings. The van der Waals surface area contributed by atoms with E-state index in [4.69, 9.17) is 9.47 Å². The number of benzene rings is 2. The number of carbonyl (C=O) groups excluding carboxylic acids is 2. The van der Waals surface area contributed by atoms with Crippen LogP contribution in [-0.2, 0) is 16.0 Å². The Balaban J connectivity index is 1.90. The van der Waals surface area contributed by atoms with Crippen molar-refractivity contribution in [1.82, 2.24) is 4.90 Å². The van der Waals surface area contributed by atoms with Crippen LogP contribution < -0.4 is 14.8 Å². The molecule has 0 fully saturated rings. The molecular formula is C21H26N2O4. The standard InChI is InChI=1S/C21H26N2O4/c1-4-27-19-10-8-18(9-11-19)22-21(25)15-23(16(2)24)13-12-17-6-5-7-20(14-17)26-3/h5-11,14H,4,12-13,15H2,1-3H3,(H,22,25). The summed E-state index contributed by atoms with van der Waals surface area (Å²) in [5, 5.41) is 2.80. The third-order valence-electron chi connectivity index (χ3n) is 4.03. The smallest absolute Gasteiger partial charge is 0.243 e. The van der Waals surface area contributed by atoms with E-state index < -0.39 is 0 Å². The number of methoxy groups -OCH3 is 1. The summed E-state index contributed by atoms with van der Waals surface area (Å²) in [7, 11) is 1.62. The maximum Gasteiger partial charge on any atom is 0.243 e. The van der Waals surface area contributed by atoms with E-state index in [-0.39, 0.29) is 18.4 Å². The van der Waals surface area contributed by atoms with Crippen LogP contribution in [0.2, 0.25) is 0 Å². The summed E-state index contributed by atoms with van der Waals surface area (Å²) in [6, 6.07) is 14.8. The molecule has 0 saturated heterocycles. The third-order valence-corrected chi connectivity index (χ3v) is 4.03. The molecule has 0 radical (unpaired) electrons. The Morgan fingerprint density at radius 3 is 2.44 bits per heavy atom. The van der Waals surface area contributed by atoms with Crippen molar-refractivity contribution in [3.63, 3.8) is 0 Å². The second-order valence-corrected chi connectivity index (χ2v) is 6.05. The number of rotatable bonds is 9. The van der Waals surface area contributed by atoms with Crippen molar-refractivity contribution < 1.29 is 19.1 Å². The maximum atomic E-state index is 12.3. The van der Waals surface area contributed by atoms with Gasteiger partial charge >= 0.3 is 0 Å². The average Bonchev–Trinajstić information content (AvgIpc) is 2.67. The van der Waals surface area contributed by atoms with Crippen LogP contribution in [0.5, 0.6) is 11.5 Å². The molecule has 144 valence electrons. The van der Waals surface area contributed by atoms with Gasteiger partial charge in [0.1, 0.15) is 11.5 Å². The number of ether oxygens (including phenoxy) is 2. The van der Waals surface area contributed by atoms with Crippen molar-refractivity contribution in [3.05, 3.63) is 54.1 Å². The molecule has 0 unspecified atom stereocenters. The molecule has 6 nitrogen and oxygen atoms in total. The van der Waals surface area contributed by atoms with E-state index in [0.717, 1.165) is 17.1 Å². The number of anilines is 1. The molecule has 1 N–H and O–H groups in total. The first-order valence-corrected chi connectivity index (χ1v) is 8.93. The summed E-state index contributed by atoms with van der Waals surface area (Å²) in [6.45, 7) is 4.44. The van der Waals surface area contributed by atoms with Gasteiger partial charge in [-0.15, -0.1) is 0 Å². The number of hydrogen-bond donors (Lipinski definition) is 1. The molecule has 0 aliphatic heterocycles. The van der Waals surface area contributed by atoms with Gasteiger partial charge in [0.15, 0.2) is 0 Å². The molecule has 0 aliphatic carbocycles. The molecule has 0 saturated carbocycles. The summed E-state index contributed by atoms with van der Waals surface area (Å²) in [4.78, 5) is 25.7. The Bertz CT molecular complexity index is 759. The van der Waals surface area contributed by atoms with Crippen molar-refractivity contribution >= 4 is 17.5 Å². The van der Waals surface area contributed by atoms with E-state index >= 15 is 0 Å². The normalized spacial score (nSPS) is 10.2. The predicted octanol–water partition coefficient (Wildman–Crippen LogP) is 3.12. The SMILES string of the molecule is CCOc1ccc(NC(=O)CN(CCc2cccc(OC)c2)C(C)=O)cc1. The van der Waals surface area contributed by atoms with Gasteiger partial charge in [-0.05, 0) is 55.3 Å². The molecule has 6 heteroatoms. The van der Waals surface area contributed by atoms with Crippen molar-refractivity contribution in [2.75, 3.05) is 32.1 Å². The first-order chi connectivity index (χ1) is 13.0. The van der Waals surface area contributed by atoms with Crippen LogP contribution in [0, 0.1) is 0 Å². The first kappa shape index (κ1) is 20.3. The highest BCUT2D eigenvalue weighted by molar-refractivity contribution is 5.94. The molecule has 0 spiro atoms. The fourth-order valence-corrected chi connectivity index (χ4v) is 2.61. The molecule has 0 heterocycles. The van der Waals surface area contributed by atoms with E-state index in [9.17, 15) is 9.59 Å². The van der Waals surface area contributed by atoms with Crippen LogP contribution in [0.1, 0.15) is 19.4 Å². The molecule has 0 atom stereocenters. The van der Waals surface area contributed by atoms with Crippen molar-refractivity contribution in [2.45, 2.75) is 20.3 Å². The molecule has 2 amide bonds. The zero-order valence-corrected chi connectivity index (χ0v) is 16.0. The highest BCUT2D eigenvalue weighted by atomic mass is 16.5. The van der Waals surface area contributed by atoms with Crippen LogP contribution in [0.4, 0.5) is 5.69 Å². The quantitative estimate of drug-likeness (QED) is 0.736. The van der Waals surface area contributed by atoms with Gasteiger partial charge in [-0.3, -0.25) is 9.59 Å².